The van der Waals surface area contributed by atoms with E-state index in [9.17, 15) is 9.90 Å². The molecule has 1 saturated carbocycles. The fourth-order valence-corrected chi connectivity index (χ4v) is 5.37. The molecule has 1 saturated heterocycles. The van der Waals surface area contributed by atoms with Crippen molar-refractivity contribution in [2.24, 2.45) is 11.8 Å². The van der Waals surface area contributed by atoms with Crippen LogP contribution in [-0.2, 0) is 11.3 Å². The van der Waals surface area contributed by atoms with Crippen LogP contribution in [0.3, 0.4) is 0 Å². The summed E-state index contributed by atoms with van der Waals surface area (Å²) < 4.78 is 0. The van der Waals surface area contributed by atoms with Gasteiger partial charge in [-0.2, -0.15) is 0 Å². The van der Waals surface area contributed by atoms with Crippen LogP contribution in [0.25, 0.3) is 10.9 Å². The quantitative estimate of drug-likeness (QED) is 0.508. The number of piperidine rings is 1. The Balaban J connectivity index is 1.22. The number of ketones is 1. The maximum Gasteiger partial charge on any atom is 0.223 e. The Morgan fingerprint density at radius 1 is 1.03 bits per heavy atom. The Bertz CT molecular complexity index is 1140. The summed E-state index contributed by atoms with van der Waals surface area (Å²) in [6.07, 6.45) is 12.5. The number of aromatic nitrogens is 3. The van der Waals surface area contributed by atoms with Gasteiger partial charge < -0.3 is 15.3 Å². The lowest BCUT2D eigenvalue weighted by molar-refractivity contribution is -0.124. The number of Topliss-reactive ketones (excluding diaryl/α,β-unsaturated/α-hetero) is 1. The molecule has 0 radical (unpaired) electrons. The molecule has 0 atom stereocenters. The van der Waals surface area contributed by atoms with Gasteiger partial charge in [-0.3, -0.25) is 4.79 Å². The van der Waals surface area contributed by atoms with E-state index in [-0.39, 0.29) is 11.7 Å². The lowest BCUT2D eigenvalue weighted by Gasteiger charge is -2.33. The smallest absolute Gasteiger partial charge is 0.223 e. The van der Waals surface area contributed by atoms with Crippen molar-refractivity contribution in [3.05, 3.63) is 48.3 Å². The normalized spacial score (nSPS) is 17.7. The zero-order valence-electron chi connectivity index (χ0n) is 19.6. The van der Waals surface area contributed by atoms with E-state index in [2.05, 4.69) is 25.2 Å². The number of para-hydroxylation sites is 1. The van der Waals surface area contributed by atoms with E-state index in [1.165, 1.54) is 32.1 Å². The van der Waals surface area contributed by atoms with Gasteiger partial charge >= 0.3 is 0 Å². The maximum atomic E-state index is 12.9. The molecule has 34 heavy (non-hydrogen) atoms. The van der Waals surface area contributed by atoms with E-state index >= 15 is 0 Å². The number of hydrogen-bond donors (Lipinski definition) is 2. The Morgan fingerprint density at radius 3 is 2.62 bits per heavy atom. The molecule has 3 aromatic rings. The molecule has 0 unspecified atom stereocenters. The average molecular weight is 460 g/mol. The lowest BCUT2D eigenvalue weighted by atomic mass is 9.81. The number of rotatable bonds is 7. The number of hydrogen-bond acceptors (Lipinski definition) is 7. The molecule has 0 bridgehead atoms. The average Bonchev–Trinajstić information content (AvgIpc) is 2.88. The fraction of sp³-hybridized carbons (Fsp3) is 0.481. The van der Waals surface area contributed by atoms with Crippen LogP contribution < -0.4 is 10.2 Å². The van der Waals surface area contributed by atoms with Crippen molar-refractivity contribution in [1.29, 1.82) is 0 Å². The van der Waals surface area contributed by atoms with Gasteiger partial charge in [0.05, 0.1) is 10.9 Å². The van der Waals surface area contributed by atoms with Gasteiger partial charge in [0.1, 0.15) is 17.4 Å². The summed E-state index contributed by atoms with van der Waals surface area (Å²) in [6.45, 7) is 2.11. The summed E-state index contributed by atoms with van der Waals surface area (Å²) in [6, 6.07) is 9.13. The van der Waals surface area contributed by atoms with Gasteiger partial charge in [-0.25, -0.2) is 15.0 Å². The van der Waals surface area contributed by atoms with Crippen LogP contribution in [0.15, 0.2) is 42.7 Å². The third kappa shape index (κ3) is 5.13. The summed E-state index contributed by atoms with van der Waals surface area (Å²) >= 11 is 0. The first-order valence-electron chi connectivity index (χ1n) is 12.6. The number of phenols is 1. The Labute approximate surface area is 200 Å². The summed E-state index contributed by atoms with van der Waals surface area (Å²) in [5, 5.41) is 14.1. The Morgan fingerprint density at radius 2 is 1.82 bits per heavy atom. The van der Waals surface area contributed by atoms with Gasteiger partial charge in [-0.05, 0) is 30.9 Å². The third-order valence-electron chi connectivity index (χ3n) is 7.38. The second-order valence-electron chi connectivity index (χ2n) is 9.68. The minimum atomic E-state index is 0.189. The molecule has 2 aliphatic rings. The monoisotopic (exact) mass is 459 g/mol. The van der Waals surface area contributed by atoms with Gasteiger partial charge in [0.15, 0.2) is 0 Å². The highest BCUT2D eigenvalue weighted by Gasteiger charge is 2.28. The second-order valence-corrected chi connectivity index (χ2v) is 9.68. The molecule has 2 fully saturated rings. The van der Waals surface area contributed by atoms with Crippen LogP contribution in [0.1, 0.15) is 56.9 Å². The number of anilines is 2. The number of nitrogens with one attached hydrogen (secondary N) is 1. The fourth-order valence-electron chi connectivity index (χ4n) is 5.37. The van der Waals surface area contributed by atoms with Gasteiger partial charge in [0, 0.05) is 49.9 Å². The first-order chi connectivity index (χ1) is 16.7. The van der Waals surface area contributed by atoms with Crippen molar-refractivity contribution < 1.29 is 9.90 Å². The molecule has 2 aromatic heterocycles. The van der Waals surface area contributed by atoms with Crippen molar-refractivity contribution in [3.63, 3.8) is 0 Å². The van der Waals surface area contributed by atoms with E-state index in [1.807, 2.05) is 24.4 Å². The molecular weight excluding hydrogens is 426 g/mol. The predicted octanol–water partition coefficient (Wildman–Crippen LogP) is 5.10. The van der Waals surface area contributed by atoms with Gasteiger partial charge in [-0.15, -0.1) is 0 Å². The number of aromatic hydroxyl groups is 1. The minimum Gasteiger partial charge on any atom is -0.508 e. The first-order valence-corrected chi connectivity index (χ1v) is 12.6. The SMILES string of the molecule is O=C(CC1CCCCC1)C1CCN(c2nccc3nc(NCc4ccccc4O)ncc23)CC1. The highest BCUT2D eigenvalue weighted by molar-refractivity contribution is 5.89. The highest BCUT2D eigenvalue weighted by atomic mass is 16.3. The number of benzene rings is 1. The number of carbonyl (C=O) groups excluding carboxylic acids is 1. The van der Waals surface area contributed by atoms with E-state index in [0.717, 1.165) is 54.6 Å². The molecule has 7 nitrogen and oxygen atoms in total. The van der Waals surface area contributed by atoms with Gasteiger partial charge in [-0.1, -0.05) is 50.3 Å². The van der Waals surface area contributed by atoms with Crippen LogP contribution in [-0.4, -0.2) is 38.9 Å². The Hall–Kier alpha value is -3.22. The molecule has 178 valence electrons. The summed E-state index contributed by atoms with van der Waals surface area (Å²) in [5.74, 6) is 2.94. The van der Waals surface area contributed by atoms with Crippen LogP contribution in [0.4, 0.5) is 11.8 Å². The first kappa shape index (κ1) is 22.6. The van der Waals surface area contributed by atoms with Gasteiger partial charge in [0.25, 0.3) is 0 Å². The molecule has 2 N–H and O–H groups in total. The molecular formula is C27H33N5O2. The Kier molecular flexibility index (Phi) is 6.88. The summed E-state index contributed by atoms with van der Waals surface area (Å²) in [7, 11) is 0. The molecule has 0 amide bonds. The predicted molar refractivity (Wildman–Crippen MR) is 134 cm³/mol. The number of nitrogens with zero attached hydrogens (tertiary/aromatic N) is 4. The van der Waals surface area contributed by atoms with Crippen LogP contribution in [0, 0.1) is 11.8 Å². The molecule has 7 heteroatoms. The van der Waals surface area contributed by atoms with Crippen molar-refractivity contribution in [1.82, 2.24) is 15.0 Å². The molecule has 1 aromatic carbocycles. The van der Waals surface area contributed by atoms with Gasteiger partial charge in [0.2, 0.25) is 5.95 Å². The van der Waals surface area contributed by atoms with Crippen molar-refractivity contribution in [2.45, 2.75) is 57.9 Å². The van der Waals surface area contributed by atoms with Crippen molar-refractivity contribution in [2.75, 3.05) is 23.3 Å². The maximum absolute atomic E-state index is 12.9. The zero-order chi connectivity index (χ0) is 23.3. The van der Waals surface area contributed by atoms with E-state index in [1.54, 1.807) is 18.3 Å². The van der Waals surface area contributed by atoms with Crippen LogP contribution in [0.2, 0.25) is 0 Å². The number of carbonyl (C=O) groups is 1. The van der Waals surface area contributed by atoms with E-state index in [4.69, 9.17) is 0 Å². The van der Waals surface area contributed by atoms with Crippen LogP contribution >= 0.6 is 0 Å². The molecule has 1 aliphatic carbocycles. The molecule has 3 heterocycles. The standard InChI is InChI=1S/C27H33N5O2/c33-24-9-5-4-8-21(24)17-29-27-30-18-22-23(31-27)10-13-28-26(22)32-14-11-20(12-15-32)25(34)16-19-6-2-1-3-7-19/h4-5,8-10,13,18-20,33H,1-3,6-7,11-12,14-17H2,(H,29,30,31). The minimum absolute atomic E-state index is 0.189. The largest absolute Gasteiger partial charge is 0.508 e. The molecule has 5 rings (SSSR count). The number of pyridine rings is 1. The molecule has 0 spiro atoms. The third-order valence-corrected chi connectivity index (χ3v) is 7.38. The number of fused-ring (bicyclic) bond motifs is 1. The topological polar surface area (TPSA) is 91.2 Å². The molecule has 1 aliphatic heterocycles. The van der Waals surface area contributed by atoms with Crippen LogP contribution in [0.5, 0.6) is 5.75 Å². The summed E-state index contributed by atoms with van der Waals surface area (Å²) in [4.78, 5) is 28.9. The second kappa shape index (κ2) is 10.4. The van der Waals surface area contributed by atoms with Crippen molar-refractivity contribution in [3.8, 4) is 5.75 Å². The summed E-state index contributed by atoms with van der Waals surface area (Å²) in [5.41, 5.74) is 1.62. The lowest BCUT2D eigenvalue weighted by Crippen LogP contribution is -2.37. The number of phenolic OH excluding ortho intramolecular Hbond substituents is 1. The van der Waals surface area contributed by atoms with Crippen molar-refractivity contribution >= 4 is 28.5 Å². The zero-order valence-corrected chi connectivity index (χ0v) is 19.6. The highest BCUT2D eigenvalue weighted by Crippen LogP contribution is 2.32. The van der Waals surface area contributed by atoms with E-state index < -0.39 is 0 Å². The van der Waals surface area contributed by atoms with E-state index in [0.29, 0.717) is 24.2 Å².